The Bertz CT molecular complexity index is 1820. The van der Waals surface area contributed by atoms with Crippen molar-refractivity contribution in [2.24, 2.45) is 0 Å². The van der Waals surface area contributed by atoms with Crippen LogP contribution in [-0.4, -0.2) is 60.3 Å². The number of carbonyl (C=O) groups is 1. The van der Waals surface area contributed by atoms with Crippen molar-refractivity contribution in [3.63, 3.8) is 0 Å². The summed E-state index contributed by atoms with van der Waals surface area (Å²) in [7, 11) is 3.21. The average molecular weight is 637 g/mol. The van der Waals surface area contributed by atoms with E-state index in [0.29, 0.717) is 16.1 Å². The van der Waals surface area contributed by atoms with Crippen LogP contribution in [0, 0.1) is 0 Å². The maximum Gasteiger partial charge on any atom is 0.338 e. The third-order valence-corrected chi connectivity index (χ3v) is 7.83. The standard InChI is InChI=1S/C37H36N2O8/c1-44-31-17-13-29(14-18-31)37(28-11-7-4-8-12-28,30-15-19-32(45-2)20-16-30)47-26-33(25-40)46-24-23-38-22-21-34(41)39(36(38)43)35(42)27-9-5-3-6-10-27/h3-22,33,40H,23-26H2,1-2H3. The van der Waals surface area contributed by atoms with Gasteiger partial charge in [0.05, 0.1) is 40.6 Å². The molecule has 4 aromatic carbocycles. The van der Waals surface area contributed by atoms with Gasteiger partial charge in [-0.2, -0.15) is 4.57 Å². The number of methoxy groups -OCH3 is 2. The molecule has 0 saturated carbocycles. The van der Waals surface area contributed by atoms with Gasteiger partial charge in [0.2, 0.25) is 0 Å². The Morgan fingerprint density at radius 3 is 1.81 bits per heavy atom. The highest BCUT2D eigenvalue weighted by atomic mass is 16.6. The molecule has 0 radical (unpaired) electrons. The highest BCUT2D eigenvalue weighted by Crippen LogP contribution is 2.41. The van der Waals surface area contributed by atoms with Crippen molar-refractivity contribution >= 4 is 5.91 Å². The summed E-state index contributed by atoms with van der Waals surface area (Å²) in [6, 6.07) is 34.2. The molecular formula is C37H36N2O8. The van der Waals surface area contributed by atoms with E-state index in [4.69, 9.17) is 18.9 Å². The van der Waals surface area contributed by atoms with Gasteiger partial charge in [0.15, 0.2) is 0 Å². The number of aliphatic hydroxyl groups is 1. The minimum Gasteiger partial charge on any atom is -0.497 e. The van der Waals surface area contributed by atoms with Crippen molar-refractivity contribution in [2.75, 3.05) is 34.0 Å². The maximum atomic E-state index is 13.1. The third-order valence-electron chi connectivity index (χ3n) is 7.83. The van der Waals surface area contributed by atoms with Crippen LogP contribution in [0.4, 0.5) is 0 Å². The zero-order chi connectivity index (χ0) is 33.2. The van der Waals surface area contributed by atoms with Crippen LogP contribution in [-0.2, 0) is 21.6 Å². The highest BCUT2D eigenvalue weighted by Gasteiger charge is 2.38. The smallest absolute Gasteiger partial charge is 0.338 e. The number of hydrogen-bond donors (Lipinski definition) is 1. The van der Waals surface area contributed by atoms with Crippen molar-refractivity contribution in [3.05, 3.63) is 165 Å². The first-order valence-corrected chi connectivity index (χ1v) is 15.0. The predicted octanol–water partition coefficient (Wildman–Crippen LogP) is 4.10. The van der Waals surface area contributed by atoms with Crippen LogP contribution in [0.2, 0.25) is 0 Å². The normalized spacial score (nSPS) is 12.0. The van der Waals surface area contributed by atoms with E-state index in [1.54, 1.807) is 32.4 Å². The highest BCUT2D eigenvalue weighted by molar-refractivity contribution is 5.95. The quantitative estimate of drug-likeness (QED) is 0.181. The van der Waals surface area contributed by atoms with Crippen LogP contribution in [0.1, 0.15) is 27.0 Å². The lowest BCUT2D eigenvalue weighted by Gasteiger charge is -2.37. The molecule has 0 fully saturated rings. The second kappa shape index (κ2) is 15.3. The van der Waals surface area contributed by atoms with E-state index >= 15 is 0 Å². The largest absolute Gasteiger partial charge is 0.497 e. The fourth-order valence-corrected chi connectivity index (χ4v) is 5.35. The summed E-state index contributed by atoms with van der Waals surface area (Å²) < 4.78 is 25.4. The van der Waals surface area contributed by atoms with E-state index in [-0.39, 0.29) is 31.9 Å². The molecule has 0 saturated heterocycles. The van der Waals surface area contributed by atoms with Gasteiger partial charge in [-0.3, -0.25) is 14.2 Å². The molecule has 0 aliphatic rings. The Morgan fingerprint density at radius 1 is 0.745 bits per heavy atom. The SMILES string of the molecule is COc1ccc(C(OCC(CO)OCCn2ccc(=O)n(C(=O)c3ccccc3)c2=O)(c2ccccc2)c2ccc(OC)cc2)cc1. The Kier molecular flexibility index (Phi) is 10.8. The molecular weight excluding hydrogens is 600 g/mol. The minimum atomic E-state index is -1.11. The van der Waals surface area contributed by atoms with Crippen molar-refractivity contribution < 1.29 is 28.8 Å². The van der Waals surface area contributed by atoms with Gasteiger partial charge in [-0.15, -0.1) is 0 Å². The molecule has 1 heterocycles. The summed E-state index contributed by atoms with van der Waals surface area (Å²) in [6.45, 7) is -0.366. The van der Waals surface area contributed by atoms with Crippen LogP contribution >= 0.6 is 0 Å². The van der Waals surface area contributed by atoms with Crippen molar-refractivity contribution in [1.29, 1.82) is 0 Å². The molecule has 47 heavy (non-hydrogen) atoms. The third kappa shape index (κ3) is 7.25. The maximum absolute atomic E-state index is 13.1. The second-order valence-electron chi connectivity index (χ2n) is 10.6. The summed E-state index contributed by atoms with van der Waals surface area (Å²) in [5, 5.41) is 10.3. The van der Waals surface area contributed by atoms with Gasteiger partial charge < -0.3 is 24.1 Å². The number of ether oxygens (including phenoxy) is 4. The molecule has 1 N–H and O–H groups in total. The van der Waals surface area contributed by atoms with Crippen LogP contribution in [0.3, 0.4) is 0 Å². The van der Waals surface area contributed by atoms with Crippen LogP contribution in [0.15, 0.2) is 131 Å². The van der Waals surface area contributed by atoms with Gasteiger partial charge in [-0.1, -0.05) is 72.8 Å². The molecule has 1 atom stereocenters. The zero-order valence-electron chi connectivity index (χ0n) is 26.2. The van der Waals surface area contributed by atoms with Gasteiger partial charge in [-0.05, 0) is 53.1 Å². The molecule has 10 heteroatoms. The van der Waals surface area contributed by atoms with Crippen molar-refractivity contribution in [1.82, 2.24) is 9.13 Å². The number of nitrogens with zero attached hydrogens (tertiary/aromatic N) is 2. The Balaban J connectivity index is 1.40. The molecule has 0 aliphatic carbocycles. The zero-order valence-corrected chi connectivity index (χ0v) is 26.2. The fraction of sp³-hybridized carbons (Fsp3) is 0.216. The molecule has 0 bridgehead atoms. The lowest BCUT2D eigenvalue weighted by Crippen LogP contribution is -2.43. The topological polar surface area (TPSA) is 118 Å². The number of carbonyl (C=O) groups excluding carboxylic acids is 1. The summed E-state index contributed by atoms with van der Waals surface area (Å²) in [5.74, 6) is 0.662. The first-order chi connectivity index (χ1) is 22.9. The molecule has 5 aromatic rings. The molecule has 242 valence electrons. The van der Waals surface area contributed by atoms with Crippen LogP contribution in [0.25, 0.3) is 0 Å². The first kappa shape index (κ1) is 33.1. The number of aromatic nitrogens is 2. The van der Waals surface area contributed by atoms with Crippen LogP contribution in [0.5, 0.6) is 11.5 Å². The lowest BCUT2D eigenvalue weighted by atomic mass is 9.80. The molecule has 1 unspecified atom stereocenters. The lowest BCUT2D eigenvalue weighted by molar-refractivity contribution is -0.0822. The van der Waals surface area contributed by atoms with E-state index in [1.165, 1.54) is 22.9 Å². The van der Waals surface area contributed by atoms with E-state index in [9.17, 15) is 19.5 Å². The Morgan fingerprint density at radius 2 is 1.28 bits per heavy atom. The van der Waals surface area contributed by atoms with Gasteiger partial charge >= 0.3 is 5.69 Å². The van der Waals surface area contributed by atoms with Gasteiger partial charge in [-0.25, -0.2) is 4.79 Å². The molecule has 0 aliphatic heterocycles. The summed E-state index contributed by atoms with van der Waals surface area (Å²) in [6.07, 6.45) is 0.545. The summed E-state index contributed by atoms with van der Waals surface area (Å²) >= 11 is 0. The van der Waals surface area contributed by atoms with Gasteiger partial charge in [0.1, 0.15) is 23.2 Å². The molecule has 5 rings (SSSR count). The molecule has 0 amide bonds. The molecule has 10 nitrogen and oxygen atoms in total. The van der Waals surface area contributed by atoms with E-state index in [1.807, 2.05) is 78.9 Å². The number of benzene rings is 4. The summed E-state index contributed by atoms with van der Waals surface area (Å²) in [4.78, 5) is 38.5. The second-order valence-corrected chi connectivity index (χ2v) is 10.6. The number of hydrogen-bond acceptors (Lipinski definition) is 8. The minimum absolute atomic E-state index is 0.00433. The average Bonchev–Trinajstić information content (AvgIpc) is 3.13. The van der Waals surface area contributed by atoms with Crippen LogP contribution < -0.4 is 20.7 Å². The monoisotopic (exact) mass is 636 g/mol. The van der Waals surface area contributed by atoms with Crippen molar-refractivity contribution in [3.8, 4) is 11.5 Å². The van der Waals surface area contributed by atoms with E-state index < -0.39 is 28.9 Å². The van der Waals surface area contributed by atoms with Crippen molar-refractivity contribution in [2.45, 2.75) is 18.2 Å². The number of rotatable bonds is 14. The fourth-order valence-electron chi connectivity index (χ4n) is 5.35. The molecule has 0 spiro atoms. The number of aliphatic hydroxyl groups excluding tert-OH is 1. The predicted molar refractivity (Wildman–Crippen MR) is 176 cm³/mol. The van der Waals surface area contributed by atoms with Gasteiger partial charge in [0, 0.05) is 17.8 Å². The Labute approximate surface area is 272 Å². The van der Waals surface area contributed by atoms with E-state index in [0.717, 1.165) is 22.8 Å². The molecule has 1 aromatic heterocycles. The van der Waals surface area contributed by atoms with E-state index in [2.05, 4.69) is 0 Å². The first-order valence-electron chi connectivity index (χ1n) is 15.0. The Hall–Kier alpha value is -5.29. The van der Waals surface area contributed by atoms with Gasteiger partial charge in [0.25, 0.3) is 11.5 Å². The summed E-state index contributed by atoms with van der Waals surface area (Å²) in [5.41, 5.74) is 0.0935.